The van der Waals surface area contributed by atoms with E-state index in [1.807, 2.05) is 0 Å². The van der Waals surface area contributed by atoms with Crippen molar-refractivity contribution in [2.24, 2.45) is 0 Å². The van der Waals surface area contributed by atoms with Crippen molar-refractivity contribution in [2.45, 2.75) is 26.7 Å². The SMILES string of the molecule is CCN(CC)CCCC=O. The van der Waals surface area contributed by atoms with Gasteiger partial charge in [-0.1, -0.05) is 13.8 Å². The molecule has 2 nitrogen and oxygen atoms in total. The summed E-state index contributed by atoms with van der Waals surface area (Å²) in [6.45, 7) is 7.53. The molecule has 0 aromatic heterocycles. The summed E-state index contributed by atoms with van der Waals surface area (Å²) in [5.74, 6) is 0. The monoisotopic (exact) mass is 143 g/mol. The highest BCUT2D eigenvalue weighted by Gasteiger charge is 1.96. The topological polar surface area (TPSA) is 20.3 Å². The minimum atomic E-state index is 0.705. The highest BCUT2D eigenvalue weighted by molar-refractivity contribution is 5.48. The van der Waals surface area contributed by atoms with Crippen LogP contribution in [0.1, 0.15) is 26.7 Å². The van der Waals surface area contributed by atoms with Gasteiger partial charge in [0.15, 0.2) is 0 Å². The number of carbonyl (C=O) groups excluding carboxylic acids is 1. The fourth-order valence-corrected chi connectivity index (χ4v) is 0.938. The molecular formula is C8H17NO. The van der Waals surface area contributed by atoms with Gasteiger partial charge in [0.2, 0.25) is 0 Å². The Bertz CT molecular complexity index is 79.3. The zero-order chi connectivity index (χ0) is 7.82. The first-order chi connectivity index (χ1) is 4.85. The zero-order valence-electron chi connectivity index (χ0n) is 6.97. The highest BCUT2D eigenvalue weighted by atomic mass is 16.1. The van der Waals surface area contributed by atoms with Crippen LogP contribution in [0, 0.1) is 0 Å². The number of rotatable bonds is 6. The molecule has 0 fully saturated rings. The summed E-state index contributed by atoms with van der Waals surface area (Å²) in [6.07, 6.45) is 2.70. The van der Waals surface area contributed by atoms with Crippen molar-refractivity contribution in [3.05, 3.63) is 0 Å². The predicted molar refractivity (Wildman–Crippen MR) is 43.1 cm³/mol. The van der Waals surface area contributed by atoms with Crippen LogP contribution in [0.4, 0.5) is 0 Å². The summed E-state index contributed by atoms with van der Waals surface area (Å²) in [4.78, 5) is 12.3. The maximum absolute atomic E-state index is 9.94. The lowest BCUT2D eigenvalue weighted by Crippen LogP contribution is -2.23. The smallest absolute Gasteiger partial charge is 0.120 e. The van der Waals surface area contributed by atoms with E-state index in [1.165, 1.54) is 0 Å². The van der Waals surface area contributed by atoms with Gasteiger partial charge in [0.25, 0.3) is 0 Å². The first-order valence-electron chi connectivity index (χ1n) is 4.01. The summed E-state index contributed by atoms with van der Waals surface area (Å²) in [5, 5.41) is 0. The molecule has 0 aliphatic carbocycles. The van der Waals surface area contributed by atoms with E-state index in [9.17, 15) is 4.79 Å². The van der Waals surface area contributed by atoms with E-state index >= 15 is 0 Å². The normalized spacial score (nSPS) is 10.3. The lowest BCUT2D eigenvalue weighted by molar-refractivity contribution is -0.108. The fourth-order valence-electron chi connectivity index (χ4n) is 0.938. The van der Waals surface area contributed by atoms with E-state index in [4.69, 9.17) is 0 Å². The zero-order valence-corrected chi connectivity index (χ0v) is 6.97. The molecule has 0 bridgehead atoms. The van der Waals surface area contributed by atoms with Crippen molar-refractivity contribution >= 4 is 6.29 Å². The van der Waals surface area contributed by atoms with Crippen molar-refractivity contribution in [3.63, 3.8) is 0 Å². The van der Waals surface area contributed by atoms with Crippen molar-refractivity contribution in [3.8, 4) is 0 Å². The molecule has 0 unspecified atom stereocenters. The Balaban J connectivity index is 3.16. The van der Waals surface area contributed by atoms with Gasteiger partial charge in [0.05, 0.1) is 0 Å². The van der Waals surface area contributed by atoms with Gasteiger partial charge in [-0.2, -0.15) is 0 Å². The Hall–Kier alpha value is -0.370. The van der Waals surface area contributed by atoms with Crippen LogP contribution in [0.5, 0.6) is 0 Å². The van der Waals surface area contributed by atoms with Gasteiger partial charge < -0.3 is 9.69 Å². The Morgan fingerprint density at radius 2 is 1.90 bits per heavy atom. The van der Waals surface area contributed by atoms with Crippen molar-refractivity contribution in [1.29, 1.82) is 0 Å². The lowest BCUT2D eigenvalue weighted by Gasteiger charge is -2.16. The third-order valence-electron chi connectivity index (χ3n) is 1.69. The average Bonchev–Trinajstić information content (AvgIpc) is 1.99. The molecule has 0 atom stereocenters. The van der Waals surface area contributed by atoms with Crippen molar-refractivity contribution in [1.82, 2.24) is 4.90 Å². The molecule has 0 saturated carbocycles. The highest BCUT2D eigenvalue weighted by Crippen LogP contribution is 1.91. The molecule has 0 amide bonds. The van der Waals surface area contributed by atoms with Gasteiger partial charge in [-0.25, -0.2) is 0 Å². The van der Waals surface area contributed by atoms with Crippen molar-refractivity contribution in [2.75, 3.05) is 19.6 Å². The second-order valence-electron chi connectivity index (χ2n) is 2.34. The first kappa shape index (κ1) is 9.63. The molecule has 0 aliphatic heterocycles. The quantitative estimate of drug-likeness (QED) is 0.412. The average molecular weight is 143 g/mol. The second kappa shape index (κ2) is 6.75. The Kier molecular flexibility index (Phi) is 6.50. The summed E-state index contributed by atoms with van der Waals surface area (Å²) in [7, 11) is 0. The Labute approximate surface area is 63.2 Å². The third-order valence-corrected chi connectivity index (χ3v) is 1.69. The molecular weight excluding hydrogens is 126 g/mol. The summed E-state index contributed by atoms with van der Waals surface area (Å²) in [6, 6.07) is 0. The lowest BCUT2D eigenvalue weighted by atomic mass is 10.3. The number of aldehydes is 1. The number of hydrogen-bond donors (Lipinski definition) is 0. The first-order valence-corrected chi connectivity index (χ1v) is 4.01. The molecule has 0 saturated heterocycles. The predicted octanol–water partition coefficient (Wildman–Crippen LogP) is 1.31. The van der Waals surface area contributed by atoms with Crippen LogP contribution in [-0.4, -0.2) is 30.8 Å². The van der Waals surface area contributed by atoms with Gasteiger partial charge in [0.1, 0.15) is 6.29 Å². The van der Waals surface area contributed by atoms with E-state index < -0.39 is 0 Å². The van der Waals surface area contributed by atoms with Crippen LogP contribution in [0.15, 0.2) is 0 Å². The van der Waals surface area contributed by atoms with Crippen LogP contribution in [0.3, 0.4) is 0 Å². The van der Waals surface area contributed by atoms with Crippen LogP contribution < -0.4 is 0 Å². The maximum Gasteiger partial charge on any atom is 0.120 e. The summed E-state index contributed by atoms with van der Waals surface area (Å²) >= 11 is 0. The minimum absolute atomic E-state index is 0.705. The number of hydrogen-bond acceptors (Lipinski definition) is 2. The maximum atomic E-state index is 9.94. The van der Waals surface area contributed by atoms with E-state index in [-0.39, 0.29) is 0 Å². The van der Waals surface area contributed by atoms with Crippen LogP contribution in [0.2, 0.25) is 0 Å². The molecule has 0 aromatic rings. The molecule has 0 aromatic carbocycles. The van der Waals surface area contributed by atoms with Gasteiger partial charge in [-0.05, 0) is 26.1 Å². The van der Waals surface area contributed by atoms with E-state index in [1.54, 1.807) is 0 Å². The molecule has 2 heteroatoms. The molecule has 0 rings (SSSR count). The van der Waals surface area contributed by atoms with Crippen molar-refractivity contribution < 1.29 is 4.79 Å². The Morgan fingerprint density at radius 1 is 1.30 bits per heavy atom. The molecule has 0 N–H and O–H groups in total. The molecule has 0 heterocycles. The fraction of sp³-hybridized carbons (Fsp3) is 0.875. The molecule has 0 radical (unpaired) electrons. The molecule has 0 spiro atoms. The van der Waals surface area contributed by atoms with E-state index in [0.29, 0.717) is 6.42 Å². The molecule has 10 heavy (non-hydrogen) atoms. The van der Waals surface area contributed by atoms with Gasteiger partial charge >= 0.3 is 0 Å². The largest absolute Gasteiger partial charge is 0.304 e. The van der Waals surface area contributed by atoms with E-state index in [0.717, 1.165) is 32.3 Å². The summed E-state index contributed by atoms with van der Waals surface area (Å²) < 4.78 is 0. The Morgan fingerprint density at radius 3 is 2.30 bits per heavy atom. The van der Waals surface area contributed by atoms with Crippen LogP contribution >= 0.6 is 0 Å². The number of carbonyl (C=O) groups is 1. The molecule has 60 valence electrons. The minimum Gasteiger partial charge on any atom is -0.304 e. The third kappa shape index (κ3) is 4.50. The number of unbranched alkanes of at least 4 members (excludes halogenated alkanes) is 1. The van der Waals surface area contributed by atoms with Crippen LogP contribution in [0.25, 0.3) is 0 Å². The summed E-state index contributed by atoms with van der Waals surface area (Å²) in [5.41, 5.74) is 0. The van der Waals surface area contributed by atoms with E-state index in [2.05, 4.69) is 18.7 Å². The standard InChI is InChI=1S/C8H17NO/c1-3-9(4-2)7-5-6-8-10/h8H,3-7H2,1-2H3. The van der Waals surface area contributed by atoms with Gasteiger partial charge in [-0.3, -0.25) is 0 Å². The second-order valence-corrected chi connectivity index (χ2v) is 2.34. The van der Waals surface area contributed by atoms with Gasteiger partial charge in [-0.15, -0.1) is 0 Å². The van der Waals surface area contributed by atoms with Crippen LogP contribution in [-0.2, 0) is 4.79 Å². The number of nitrogens with zero attached hydrogens (tertiary/aromatic N) is 1. The molecule has 0 aliphatic rings. The van der Waals surface area contributed by atoms with Gasteiger partial charge in [0, 0.05) is 6.42 Å².